The average molecular weight is 616 g/mol. The normalized spacial score (nSPS) is 12.2. The molecule has 0 bridgehead atoms. The highest BCUT2D eigenvalue weighted by atomic mass is 19.1. The number of carbonyl (C=O) groups excluding carboxylic acids is 3. The van der Waals surface area contributed by atoms with Gasteiger partial charge in [-0.1, -0.05) is 72.8 Å². The van der Waals surface area contributed by atoms with E-state index in [-0.39, 0.29) is 38.3 Å². The molecule has 0 saturated carbocycles. The van der Waals surface area contributed by atoms with Gasteiger partial charge in [0.25, 0.3) is 0 Å². The van der Waals surface area contributed by atoms with Crippen LogP contribution in [0.15, 0.2) is 84.9 Å². The van der Waals surface area contributed by atoms with Crippen molar-refractivity contribution < 1.29 is 23.5 Å². The zero-order valence-corrected chi connectivity index (χ0v) is 26.1. The molecule has 4 amide bonds. The first-order chi connectivity index (χ1) is 21.6. The van der Waals surface area contributed by atoms with Gasteiger partial charge in [-0.3, -0.25) is 9.69 Å². The third-order valence-corrected chi connectivity index (χ3v) is 6.86. The van der Waals surface area contributed by atoms with E-state index in [2.05, 4.69) is 22.0 Å². The molecule has 0 radical (unpaired) electrons. The van der Waals surface area contributed by atoms with Gasteiger partial charge in [0.05, 0.1) is 6.07 Å². The molecule has 238 valence electrons. The van der Waals surface area contributed by atoms with E-state index < -0.39 is 35.7 Å². The molecule has 0 spiro atoms. The Labute approximate surface area is 264 Å². The summed E-state index contributed by atoms with van der Waals surface area (Å²) in [5.41, 5.74) is 1.88. The summed E-state index contributed by atoms with van der Waals surface area (Å²) >= 11 is 0. The Kier molecular flexibility index (Phi) is 13.4. The Hall–Kier alpha value is -4.91. The molecule has 0 saturated heterocycles. The van der Waals surface area contributed by atoms with Crippen molar-refractivity contribution in [3.05, 3.63) is 107 Å². The monoisotopic (exact) mass is 615 g/mol. The molecule has 3 aromatic carbocycles. The highest BCUT2D eigenvalue weighted by molar-refractivity contribution is 5.87. The van der Waals surface area contributed by atoms with Gasteiger partial charge in [0.15, 0.2) is 0 Å². The summed E-state index contributed by atoms with van der Waals surface area (Å²) < 4.78 is 18.7. The smallest absolute Gasteiger partial charge is 0.407 e. The lowest BCUT2D eigenvalue weighted by molar-refractivity contribution is -0.126. The maximum atomic E-state index is 13.8. The molecule has 3 aromatic rings. The van der Waals surface area contributed by atoms with Gasteiger partial charge in [-0.25, -0.2) is 14.0 Å². The molecular formula is C35H42FN5O4. The van der Waals surface area contributed by atoms with E-state index in [0.717, 1.165) is 16.7 Å². The lowest BCUT2D eigenvalue weighted by Gasteiger charge is -2.34. The Morgan fingerprint density at radius 3 is 2.07 bits per heavy atom. The topological polar surface area (TPSA) is 124 Å². The molecule has 0 heterocycles. The van der Waals surface area contributed by atoms with E-state index in [1.165, 1.54) is 17.0 Å². The highest BCUT2D eigenvalue weighted by Crippen LogP contribution is 2.18. The Bertz CT molecular complexity index is 1410. The van der Waals surface area contributed by atoms with Crippen molar-refractivity contribution in [1.29, 1.82) is 5.26 Å². The summed E-state index contributed by atoms with van der Waals surface area (Å²) in [4.78, 5) is 41.1. The summed E-state index contributed by atoms with van der Waals surface area (Å²) in [6.45, 7) is 5.95. The first kappa shape index (κ1) is 34.6. The number of rotatable bonds is 14. The van der Waals surface area contributed by atoms with E-state index in [1.807, 2.05) is 60.7 Å². The summed E-state index contributed by atoms with van der Waals surface area (Å²) in [6, 6.07) is 24.4. The quantitative estimate of drug-likeness (QED) is 0.207. The molecule has 0 unspecified atom stereocenters. The molecule has 3 N–H and O–H groups in total. The molecule has 0 aliphatic carbocycles. The van der Waals surface area contributed by atoms with Crippen molar-refractivity contribution in [2.24, 2.45) is 0 Å². The van der Waals surface area contributed by atoms with Crippen molar-refractivity contribution in [3.8, 4) is 6.07 Å². The summed E-state index contributed by atoms with van der Waals surface area (Å²) in [7, 11) is 0. The molecule has 9 nitrogen and oxygen atoms in total. The molecule has 0 fully saturated rings. The number of halogens is 1. The van der Waals surface area contributed by atoms with Gasteiger partial charge in [0, 0.05) is 26.1 Å². The number of amides is 4. The molecule has 0 aromatic heterocycles. The zero-order valence-electron chi connectivity index (χ0n) is 26.1. The van der Waals surface area contributed by atoms with Crippen LogP contribution >= 0.6 is 0 Å². The Morgan fingerprint density at radius 2 is 1.47 bits per heavy atom. The Morgan fingerprint density at radius 1 is 0.844 bits per heavy atom. The van der Waals surface area contributed by atoms with Crippen LogP contribution in [0.25, 0.3) is 0 Å². The second-order valence-electron chi connectivity index (χ2n) is 11.6. The minimum Gasteiger partial charge on any atom is -0.444 e. The van der Waals surface area contributed by atoms with Crippen molar-refractivity contribution in [3.63, 3.8) is 0 Å². The minimum atomic E-state index is -1.02. The fraction of sp³-hybridized carbons (Fsp3) is 0.371. The number of ether oxygens (including phenoxy) is 1. The van der Waals surface area contributed by atoms with Crippen LogP contribution in [0.3, 0.4) is 0 Å². The first-order valence-corrected chi connectivity index (χ1v) is 15.1. The fourth-order valence-electron chi connectivity index (χ4n) is 4.70. The van der Waals surface area contributed by atoms with Crippen LogP contribution in [0.2, 0.25) is 0 Å². The number of nitrogens with zero attached hydrogens (tertiary/aromatic N) is 2. The average Bonchev–Trinajstić information content (AvgIpc) is 3.01. The predicted octanol–water partition coefficient (Wildman–Crippen LogP) is 5.50. The first-order valence-electron chi connectivity index (χ1n) is 15.1. The number of alkyl carbamates (subject to hydrolysis) is 1. The van der Waals surface area contributed by atoms with Gasteiger partial charge in [-0.15, -0.1) is 0 Å². The predicted molar refractivity (Wildman–Crippen MR) is 170 cm³/mol. The van der Waals surface area contributed by atoms with Gasteiger partial charge >= 0.3 is 12.1 Å². The molecule has 0 aliphatic heterocycles. The van der Waals surface area contributed by atoms with Gasteiger partial charge in [-0.2, -0.15) is 5.26 Å². The third kappa shape index (κ3) is 12.3. The largest absolute Gasteiger partial charge is 0.444 e. The molecule has 10 heteroatoms. The third-order valence-electron chi connectivity index (χ3n) is 6.86. The number of hydrogen-bond acceptors (Lipinski definition) is 5. The maximum Gasteiger partial charge on any atom is 0.407 e. The number of hydrogen-bond donors (Lipinski definition) is 3. The van der Waals surface area contributed by atoms with E-state index in [4.69, 9.17) is 4.74 Å². The van der Waals surface area contributed by atoms with E-state index >= 15 is 0 Å². The maximum absolute atomic E-state index is 13.8. The number of nitrogens with one attached hydrogen (secondary N) is 3. The van der Waals surface area contributed by atoms with E-state index in [1.54, 1.807) is 32.9 Å². The standard InChI is InChI=1S/C35H42FN5O4/c1-35(2,3)45-34(44)39-21-10-15-31(32(42)40-25-28-13-8-5-9-14-28)41(30(24-37)23-27-11-6-4-7-12-27)33(43)38-22-20-26-16-18-29(36)19-17-26/h4-9,11-14,16-19,30-31H,10,15,20-23,25H2,1-3H3,(H,38,43)(H,39,44)(H,40,42)/t30-,31-/m0/s1. The minimum absolute atomic E-state index is 0.175. The van der Waals surface area contributed by atoms with Gasteiger partial charge in [-0.05, 0) is 68.9 Å². The Balaban J connectivity index is 1.83. The lowest BCUT2D eigenvalue weighted by Crippen LogP contribution is -2.57. The van der Waals surface area contributed by atoms with Crippen LogP contribution in [0.5, 0.6) is 0 Å². The highest BCUT2D eigenvalue weighted by Gasteiger charge is 2.35. The van der Waals surface area contributed by atoms with E-state index in [0.29, 0.717) is 12.8 Å². The van der Waals surface area contributed by atoms with Crippen molar-refractivity contribution >= 4 is 18.0 Å². The molecule has 3 rings (SSSR count). The summed E-state index contributed by atoms with van der Waals surface area (Å²) in [6.07, 6.45) is 0.573. The van der Waals surface area contributed by atoms with Crippen LogP contribution in [0.1, 0.15) is 50.3 Å². The van der Waals surface area contributed by atoms with Crippen LogP contribution in [-0.2, 0) is 28.9 Å². The number of nitriles is 1. The summed E-state index contributed by atoms with van der Waals surface area (Å²) in [5, 5.41) is 18.8. The lowest BCUT2D eigenvalue weighted by atomic mass is 10.0. The second kappa shape index (κ2) is 17.4. The van der Waals surface area contributed by atoms with Gasteiger partial charge < -0.3 is 20.7 Å². The second-order valence-corrected chi connectivity index (χ2v) is 11.6. The number of benzene rings is 3. The van der Waals surface area contributed by atoms with Crippen LogP contribution in [0, 0.1) is 17.1 Å². The molecule has 2 atom stereocenters. The van der Waals surface area contributed by atoms with Crippen molar-refractivity contribution in [2.45, 2.75) is 70.7 Å². The number of carbonyl (C=O) groups is 3. The fourth-order valence-corrected chi connectivity index (χ4v) is 4.70. The molecular weight excluding hydrogens is 573 g/mol. The van der Waals surface area contributed by atoms with Gasteiger partial charge in [0.2, 0.25) is 5.91 Å². The molecule has 0 aliphatic rings. The number of urea groups is 1. The molecule has 45 heavy (non-hydrogen) atoms. The van der Waals surface area contributed by atoms with Gasteiger partial charge in [0.1, 0.15) is 23.5 Å². The van der Waals surface area contributed by atoms with Crippen molar-refractivity contribution in [2.75, 3.05) is 13.1 Å². The van der Waals surface area contributed by atoms with Crippen LogP contribution in [-0.4, -0.2) is 53.7 Å². The zero-order chi connectivity index (χ0) is 32.7. The van der Waals surface area contributed by atoms with Crippen LogP contribution < -0.4 is 16.0 Å². The SMILES string of the molecule is CC(C)(C)OC(=O)NCCC[C@@H](C(=O)NCc1ccccc1)N(C(=O)NCCc1ccc(F)cc1)[C@H](C#N)Cc1ccccc1. The van der Waals surface area contributed by atoms with Crippen LogP contribution in [0.4, 0.5) is 14.0 Å². The summed E-state index contributed by atoms with van der Waals surface area (Å²) in [5.74, 6) is -0.768. The van der Waals surface area contributed by atoms with Crippen molar-refractivity contribution in [1.82, 2.24) is 20.9 Å². The van der Waals surface area contributed by atoms with E-state index in [9.17, 15) is 24.0 Å².